The van der Waals surface area contributed by atoms with E-state index in [1.807, 2.05) is 61.5 Å². The monoisotopic (exact) mass is 447 g/mol. The topological polar surface area (TPSA) is 48.0 Å². The fraction of sp³-hybridized carbons (Fsp3) is 0.192. The zero-order chi connectivity index (χ0) is 22.2. The summed E-state index contributed by atoms with van der Waals surface area (Å²) in [6.45, 7) is 3.59. The minimum absolute atomic E-state index is 0.119. The fourth-order valence-corrected chi connectivity index (χ4v) is 4.32. The number of rotatable bonds is 4. The van der Waals surface area contributed by atoms with Crippen molar-refractivity contribution in [2.75, 3.05) is 13.8 Å². The van der Waals surface area contributed by atoms with Crippen LogP contribution in [0, 0.1) is 6.92 Å². The number of allylic oxidation sites excluding steroid dienone is 1. The molecule has 0 atom stereocenters. The Labute approximate surface area is 191 Å². The van der Waals surface area contributed by atoms with E-state index >= 15 is 0 Å². The van der Waals surface area contributed by atoms with E-state index in [4.69, 9.17) is 25.8 Å². The second kappa shape index (κ2) is 8.34. The van der Waals surface area contributed by atoms with Gasteiger partial charge in [-0.25, -0.2) is 0 Å². The number of hydrogen-bond acceptors (Lipinski definition) is 5. The Balaban J connectivity index is 1.47. The van der Waals surface area contributed by atoms with Gasteiger partial charge in [0, 0.05) is 18.1 Å². The molecule has 2 heterocycles. The molecule has 3 aromatic carbocycles. The van der Waals surface area contributed by atoms with Crippen LogP contribution in [0.4, 0.5) is 0 Å². The van der Waals surface area contributed by atoms with Crippen LogP contribution in [0.5, 0.6) is 17.2 Å². The van der Waals surface area contributed by atoms with Gasteiger partial charge in [-0.05, 0) is 54.0 Å². The van der Waals surface area contributed by atoms with Crippen LogP contribution in [0.25, 0.3) is 6.08 Å². The van der Waals surface area contributed by atoms with Gasteiger partial charge in [-0.1, -0.05) is 41.9 Å². The Morgan fingerprint density at radius 3 is 2.81 bits per heavy atom. The molecule has 0 aromatic heterocycles. The SMILES string of the molecule is COc1cccc(/C=C2\Oc3c4c(cc(C)c3C2=O)OCN(Cc2ccccc2Cl)C4)c1. The number of halogens is 1. The van der Waals surface area contributed by atoms with Crippen LogP contribution in [0.1, 0.15) is 32.6 Å². The summed E-state index contributed by atoms with van der Waals surface area (Å²) in [5.74, 6) is 2.24. The van der Waals surface area contributed by atoms with Crippen LogP contribution >= 0.6 is 11.6 Å². The summed E-state index contributed by atoms with van der Waals surface area (Å²) in [5, 5.41) is 0.724. The number of hydrogen-bond donors (Lipinski definition) is 0. The molecule has 3 aromatic rings. The van der Waals surface area contributed by atoms with E-state index in [1.165, 1.54) is 0 Å². The number of carbonyl (C=O) groups is 1. The molecule has 2 aliphatic heterocycles. The van der Waals surface area contributed by atoms with Gasteiger partial charge in [-0.3, -0.25) is 9.69 Å². The molecule has 6 heteroatoms. The number of fused-ring (bicyclic) bond motifs is 3. The van der Waals surface area contributed by atoms with Gasteiger partial charge >= 0.3 is 0 Å². The molecule has 0 saturated carbocycles. The Morgan fingerprint density at radius 2 is 2.00 bits per heavy atom. The van der Waals surface area contributed by atoms with Crippen molar-refractivity contribution in [3.05, 3.63) is 93.2 Å². The summed E-state index contributed by atoms with van der Waals surface area (Å²) in [6, 6.07) is 17.2. The number of carbonyl (C=O) groups excluding carboxylic acids is 1. The lowest BCUT2D eigenvalue weighted by atomic mass is 9.98. The molecule has 2 aliphatic rings. The normalized spacial score (nSPS) is 16.3. The second-order valence-electron chi connectivity index (χ2n) is 7.94. The smallest absolute Gasteiger partial charge is 0.232 e. The van der Waals surface area contributed by atoms with E-state index < -0.39 is 0 Å². The maximum Gasteiger partial charge on any atom is 0.232 e. The molecule has 0 radical (unpaired) electrons. The molecule has 0 bridgehead atoms. The van der Waals surface area contributed by atoms with Gasteiger partial charge in [0.2, 0.25) is 5.78 Å². The van der Waals surface area contributed by atoms with E-state index in [2.05, 4.69) is 4.90 Å². The van der Waals surface area contributed by atoms with Gasteiger partial charge in [-0.15, -0.1) is 0 Å². The third-order valence-corrected chi connectivity index (χ3v) is 6.10. The van der Waals surface area contributed by atoms with Crippen molar-refractivity contribution < 1.29 is 19.0 Å². The summed E-state index contributed by atoms with van der Waals surface area (Å²) in [7, 11) is 1.61. The lowest BCUT2D eigenvalue weighted by molar-refractivity contribution is 0.0872. The van der Waals surface area contributed by atoms with Crippen LogP contribution in [0.15, 0.2) is 60.4 Å². The van der Waals surface area contributed by atoms with E-state index in [0.717, 1.165) is 38.8 Å². The molecule has 0 aliphatic carbocycles. The first-order chi connectivity index (χ1) is 15.5. The predicted octanol–water partition coefficient (Wildman–Crippen LogP) is 5.63. The minimum atomic E-state index is -0.119. The van der Waals surface area contributed by atoms with Crippen LogP contribution in [-0.2, 0) is 13.1 Å². The molecule has 162 valence electrons. The summed E-state index contributed by atoms with van der Waals surface area (Å²) < 4.78 is 17.4. The van der Waals surface area contributed by atoms with E-state index in [-0.39, 0.29) is 5.78 Å². The van der Waals surface area contributed by atoms with Crippen LogP contribution in [0.2, 0.25) is 5.02 Å². The number of ether oxygens (including phenoxy) is 3. The van der Waals surface area contributed by atoms with Crippen LogP contribution in [0.3, 0.4) is 0 Å². The van der Waals surface area contributed by atoms with E-state index in [9.17, 15) is 4.79 Å². The van der Waals surface area contributed by atoms with Crippen molar-refractivity contribution in [3.8, 4) is 17.2 Å². The molecular formula is C26H22ClNO4. The third-order valence-electron chi connectivity index (χ3n) is 5.73. The molecule has 5 rings (SSSR count). The molecular weight excluding hydrogens is 426 g/mol. The minimum Gasteiger partial charge on any atom is -0.497 e. The molecule has 0 N–H and O–H groups in total. The van der Waals surface area contributed by atoms with Crippen molar-refractivity contribution in [3.63, 3.8) is 0 Å². The van der Waals surface area contributed by atoms with E-state index in [0.29, 0.717) is 36.9 Å². The molecule has 0 spiro atoms. The zero-order valence-electron chi connectivity index (χ0n) is 17.9. The first-order valence-corrected chi connectivity index (χ1v) is 10.7. The average Bonchev–Trinajstić information content (AvgIpc) is 3.13. The van der Waals surface area contributed by atoms with Crippen LogP contribution in [-0.4, -0.2) is 24.5 Å². The summed E-state index contributed by atoms with van der Waals surface area (Å²) in [5.41, 5.74) is 4.19. The van der Waals surface area contributed by atoms with Crippen molar-refractivity contribution in [1.82, 2.24) is 4.90 Å². The third kappa shape index (κ3) is 3.74. The number of nitrogens with zero attached hydrogens (tertiary/aromatic N) is 1. The van der Waals surface area contributed by atoms with Gasteiger partial charge in [0.1, 0.15) is 24.0 Å². The quantitative estimate of drug-likeness (QED) is 0.485. The summed E-state index contributed by atoms with van der Waals surface area (Å²) in [4.78, 5) is 15.3. The van der Waals surface area contributed by atoms with Crippen molar-refractivity contribution in [1.29, 1.82) is 0 Å². The molecule has 0 saturated heterocycles. The van der Waals surface area contributed by atoms with Gasteiger partial charge < -0.3 is 14.2 Å². The van der Waals surface area contributed by atoms with Crippen molar-refractivity contribution in [2.24, 2.45) is 0 Å². The largest absolute Gasteiger partial charge is 0.497 e. The summed E-state index contributed by atoms with van der Waals surface area (Å²) in [6.07, 6.45) is 1.75. The van der Waals surface area contributed by atoms with Crippen LogP contribution < -0.4 is 14.2 Å². The zero-order valence-corrected chi connectivity index (χ0v) is 18.6. The first kappa shape index (κ1) is 20.6. The number of benzene rings is 3. The fourth-order valence-electron chi connectivity index (χ4n) is 4.13. The molecule has 0 unspecified atom stereocenters. The molecule has 32 heavy (non-hydrogen) atoms. The first-order valence-electron chi connectivity index (χ1n) is 10.4. The lowest BCUT2D eigenvalue weighted by Crippen LogP contribution is -2.32. The van der Waals surface area contributed by atoms with Crippen molar-refractivity contribution >= 4 is 23.5 Å². The van der Waals surface area contributed by atoms with E-state index in [1.54, 1.807) is 13.2 Å². The Morgan fingerprint density at radius 1 is 1.16 bits per heavy atom. The highest BCUT2D eigenvalue weighted by atomic mass is 35.5. The van der Waals surface area contributed by atoms with Gasteiger partial charge in [-0.2, -0.15) is 0 Å². The van der Waals surface area contributed by atoms with Crippen molar-refractivity contribution in [2.45, 2.75) is 20.0 Å². The number of ketones is 1. The average molecular weight is 448 g/mol. The Hall–Kier alpha value is -3.28. The Bertz CT molecular complexity index is 1250. The predicted molar refractivity (Wildman–Crippen MR) is 123 cm³/mol. The maximum absolute atomic E-state index is 13.2. The maximum atomic E-state index is 13.2. The molecule has 0 amide bonds. The molecule has 5 nitrogen and oxygen atoms in total. The van der Waals surface area contributed by atoms with Gasteiger partial charge in [0.25, 0.3) is 0 Å². The summed E-state index contributed by atoms with van der Waals surface area (Å²) >= 11 is 6.34. The lowest BCUT2D eigenvalue weighted by Gasteiger charge is -2.30. The second-order valence-corrected chi connectivity index (χ2v) is 8.35. The highest BCUT2D eigenvalue weighted by molar-refractivity contribution is 6.31. The number of Topliss-reactive ketones (excluding diaryl/α,β-unsaturated/α-hetero) is 1. The Kier molecular flexibility index (Phi) is 5.37. The number of methoxy groups -OCH3 is 1. The molecule has 0 fully saturated rings. The van der Waals surface area contributed by atoms with Gasteiger partial charge in [0.15, 0.2) is 5.76 Å². The standard InChI is InChI=1S/C26H22ClNO4/c1-16-10-22-20(14-28(15-31-22)13-18-7-3-4-9-21(18)27)26-24(16)25(29)23(32-26)12-17-6-5-8-19(11-17)30-2/h3-12H,13-15H2,1-2H3/b23-12-. The number of aryl methyl sites for hydroxylation is 1. The van der Waals surface area contributed by atoms with Gasteiger partial charge in [0.05, 0.1) is 18.2 Å². The highest BCUT2D eigenvalue weighted by Gasteiger charge is 2.35. The highest BCUT2D eigenvalue weighted by Crippen LogP contribution is 2.44.